The highest BCUT2D eigenvalue weighted by atomic mass is 16.5. The van der Waals surface area contributed by atoms with E-state index >= 15 is 0 Å². The van der Waals surface area contributed by atoms with Gasteiger partial charge in [0.1, 0.15) is 0 Å². The lowest BCUT2D eigenvalue weighted by molar-refractivity contribution is 0.182. The first-order valence-electron chi connectivity index (χ1n) is 5.66. The Morgan fingerprint density at radius 1 is 1.62 bits per heavy atom. The van der Waals surface area contributed by atoms with Gasteiger partial charge in [0.25, 0.3) is 0 Å². The third-order valence-corrected chi connectivity index (χ3v) is 2.45. The SMILES string of the molecule is CCCn1cncc1C(CO)NCCOC. The zero-order valence-electron chi connectivity index (χ0n) is 10.0. The fourth-order valence-corrected chi connectivity index (χ4v) is 1.65. The van der Waals surface area contributed by atoms with Gasteiger partial charge in [-0.25, -0.2) is 4.98 Å². The molecule has 1 aromatic rings. The van der Waals surface area contributed by atoms with E-state index in [4.69, 9.17) is 4.74 Å². The second-order valence-electron chi connectivity index (χ2n) is 3.69. The molecule has 0 bridgehead atoms. The number of rotatable bonds is 8. The van der Waals surface area contributed by atoms with Crippen molar-refractivity contribution in [2.45, 2.75) is 25.9 Å². The molecule has 5 nitrogen and oxygen atoms in total. The number of aliphatic hydroxyl groups is 1. The number of aryl methyl sites for hydroxylation is 1. The van der Waals surface area contributed by atoms with E-state index in [1.165, 1.54) is 0 Å². The molecule has 5 heteroatoms. The monoisotopic (exact) mass is 227 g/mol. The average Bonchev–Trinajstić information content (AvgIpc) is 2.73. The van der Waals surface area contributed by atoms with E-state index in [0.717, 1.165) is 25.2 Å². The molecule has 0 aliphatic rings. The van der Waals surface area contributed by atoms with Crippen LogP contribution < -0.4 is 5.32 Å². The lowest BCUT2D eigenvalue weighted by Gasteiger charge is -2.17. The predicted octanol–water partition coefficient (Wildman–Crippen LogP) is 0.562. The number of ether oxygens (including phenoxy) is 1. The van der Waals surface area contributed by atoms with Gasteiger partial charge in [-0.15, -0.1) is 0 Å². The summed E-state index contributed by atoms with van der Waals surface area (Å²) < 4.78 is 7.04. The van der Waals surface area contributed by atoms with Gasteiger partial charge < -0.3 is 19.7 Å². The van der Waals surface area contributed by atoms with Crippen LogP contribution >= 0.6 is 0 Å². The van der Waals surface area contributed by atoms with Gasteiger partial charge in [-0.3, -0.25) is 0 Å². The van der Waals surface area contributed by atoms with Gasteiger partial charge in [0.05, 0.1) is 31.3 Å². The molecule has 0 amide bonds. The summed E-state index contributed by atoms with van der Waals surface area (Å²) in [5.74, 6) is 0. The van der Waals surface area contributed by atoms with E-state index in [1.807, 2.05) is 0 Å². The summed E-state index contributed by atoms with van der Waals surface area (Å²) in [6, 6.07) is -0.0656. The van der Waals surface area contributed by atoms with Crippen molar-refractivity contribution in [3.63, 3.8) is 0 Å². The average molecular weight is 227 g/mol. The fourth-order valence-electron chi connectivity index (χ4n) is 1.65. The van der Waals surface area contributed by atoms with Gasteiger partial charge in [-0.2, -0.15) is 0 Å². The number of imidazole rings is 1. The molecule has 1 rings (SSSR count). The molecule has 0 aromatic carbocycles. The lowest BCUT2D eigenvalue weighted by atomic mass is 10.2. The third kappa shape index (κ3) is 3.59. The van der Waals surface area contributed by atoms with Gasteiger partial charge in [0.15, 0.2) is 0 Å². The molecule has 92 valence electrons. The first-order chi connectivity index (χ1) is 7.83. The highest BCUT2D eigenvalue weighted by molar-refractivity contribution is 5.05. The Labute approximate surface area is 96.4 Å². The summed E-state index contributed by atoms with van der Waals surface area (Å²) >= 11 is 0. The first-order valence-corrected chi connectivity index (χ1v) is 5.66. The number of hydrogen-bond acceptors (Lipinski definition) is 4. The Hall–Kier alpha value is -0.910. The zero-order chi connectivity index (χ0) is 11.8. The summed E-state index contributed by atoms with van der Waals surface area (Å²) in [4.78, 5) is 4.12. The van der Waals surface area contributed by atoms with Crippen molar-refractivity contribution in [3.8, 4) is 0 Å². The summed E-state index contributed by atoms with van der Waals surface area (Å²) in [6.07, 6.45) is 4.66. The number of aliphatic hydroxyl groups excluding tert-OH is 1. The van der Waals surface area contributed by atoms with Crippen molar-refractivity contribution in [1.29, 1.82) is 0 Å². The van der Waals surface area contributed by atoms with E-state index in [1.54, 1.807) is 19.6 Å². The molecule has 1 heterocycles. The maximum atomic E-state index is 9.35. The van der Waals surface area contributed by atoms with Crippen LogP contribution in [-0.4, -0.2) is 41.5 Å². The number of hydrogen-bond donors (Lipinski definition) is 2. The van der Waals surface area contributed by atoms with Crippen molar-refractivity contribution in [2.24, 2.45) is 0 Å². The lowest BCUT2D eigenvalue weighted by Crippen LogP contribution is -2.29. The van der Waals surface area contributed by atoms with E-state index in [9.17, 15) is 5.11 Å². The second-order valence-corrected chi connectivity index (χ2v) is 3.69. The Kier molecular flexibility index (Phi) is 6.07. The van der Waals surface area contributed by atoms with E-state index in [2.05, 4.69) is 21.8 Å². The minimum Gasteiger partial charge on any atom is -0.394 e. The maximum absolute atomic E-state index is 9.35. The van der Waals surface area contributed by atoms with Crippen molar-refractivity contribution in [3.05, 3.63) is 18.2 Å². The maximum Gasteiger partial charge on any atom is 0.0948 e. The van der Waals surface area contributed by atoms with Crippen LogP contribution in [0, 0.1) is 0 Å². The Bertz CT molecular complexity index is 289. The largest absolute Gasteiger partial charge is 0.394 e. The molecule has 16 heavy (non-hydrogen) atoms. The van der Waals surface area contributed by atoms with Crippen LogP contribution in [0.2, 0.25) is 0 Å². The molecule has 0 saturated carbocycles. The van der Waals surface area contributed by atoms with Gasteiger partial charge in [0.2, 0.25) is 0 Å². The van der Waals surface area contributed by atoms with E-state index < -0.39 is 0 Å². The normalized spacial score (nSPS) is 12.9. The molecule has 0 spiro atoms. The third-order valence-electron chi connectivity index (χ3n) is 2.45. The van der Waals surface area contributed by atoms with Gasteiger partial charge in [-0.05, 0) is 6.42 Å². The highest BCUT2D eigenvalue weighted by Gasteiger charge is 2.13. The first kappa shape index (κ1) is 13.2. The number of methoxy groups -OCH3 is 1. The number of nitrogens with zero attached hydrogens (tertiary/aromatic N) is 2. The van der Waals surface area contributed by atoms with Crippen LogP contribution in [0.4, 0.5) is 0 Å². The summed E-state index contributed by atoms with van der Waals surface area (Å²) in [5.41, 5.74) is 1.03. The van der Waals surface area contributed by atoms with E-state index in [-0.39, 0.29) is 12.6 Å². The molecule has 0 aliphatic heterocycles. The molecular formula is C11H21N3O2. The Morgan fingerprint density at radius 3 is 3.06 bits per heavy atom. The van der Waals surface area contributed by atoms with Crippen LogP contribution in [0.3, 0.4) is 0 Å². The van der Waals surface area contributed by atoms with Crippen LogP contribution in [0.1, 0.15) is 25.1 Å². The smallest absolute Gasteiger partial charge is 0.0948 e. The van der Waals surface area contributed by atoms with Crippen molar-refractivity contribution in [1.82, 2.24) is 14.9 Å². The summed E-state index contributed by atoms with van der Waals surface area (Å²) in [6.45, 7) is 4.48. The quantitative estimate of drug-likeness (QED) is 0.637. The van der Waals surface area contributed by atoms with Gasteiger partial charge in [0, 0.05) is 26.4 Å². The Balaban J connectivity index is 2.59. The zero-order valence-corrected chi connectivity index (χ0v) is 10.0. The van der Waals surface area contributed by atoms with Crippen molar-refractivity contribution >= 4 is 0 Å². The molecule has 0 radical (unpaired) electrons. The van der Waals surface area contributed by atoms with Crippen LogP contribution in [0.5, 0.6) is 0 Å². The standard InChI is InChI=1S/C11H21N3O2/c1-3-5-14-9-12-7-11(14)10(8-15)13-4-6-16-2/h7,9-10,13,15H,3-6,8H2,1-2H3. The number of nitrogens with one attached hydrogen (secondary N) is 1. The summed E-state index contributed by atoms with van der Waals surface area (Å²) in [5, 5.41) is 12.6. The molecule has 1 unspecified atom stereocenters. The fraction of sp³-hybridized carbons (Fsp3) is 0.727. The van der Waals surface area contributed by atoms with Crippen LogP contribution in [0.25, 0.3) is 0 Å². The molecule has 0 saturated heterocycles. The van der Waals surface area contributed by atoms with Crippen molar-refractivity contribution < 1.29 is 9.84 Å². The highest BCUT2D eigenvalue weighted by Crippen LogP contribution is 2.12. The van der Waals surface area contributed by atoms with Crippen molar-refractivity contribution in [2.75, 3.05) is 26.9 Å². The summed E-state index contributed by atoms with van der Waals surface area (Å²) in [7, 11) is 1.66. The topological polar surface area (TPSA) is 59.3 Å². The Morgan fingerprint density at radius 2 is 2.44 bits per heavy atom. The van der Waals surface area contributed by atoms with Gasteiger partial charge >= 0.3 is 0 Å². The molecular weight excluding hydrogens is 206 g/mol. The minimum atomic E-state index is -0.0656. The van der Waals surface area contributed by atoms with E-state index in [0.29, 0.717) is 6.61 Å². The minimum absolute atomic E-state index is 0.0656. The second kappa shape index (κ2) is 7.38. The molecule has 2 N–H and O–H groups in total. The van der Waals surface area contributed by atoms with Crippen LogP contribution in [0.15, 0.2) is 12.5 Å². The molecule has 1 atom stereocenters. The predicted molar refractivity (Wildman–Crippen MR) is 62.2 cm³/mol. The van der Waals surface area contributed by atoms with Crippen LogP contribution in [-0.2, 0) is 11.3 Å². The number of aromatic nitrogens is 2. The van der Waals surface area contributed by atoms with Gasteiger partial charge in [-0.1, -0.05) is 6.92 Å². The molecule has 0 fully saturated rings. The molecule has 1 aromatic heterocycles. The molecule has 0 aliphatic carbocycles.